The molecular weight excluding hydrogens is 244 g/mol. The van der Waals surface area contributed by atoms with Crippen LogP contribution in [0.2, 0.25) is 0 Å². The fraction of sp³-hybridized carbons (Fsp3) is 0.143. The summed E-state index contributed by atoms with van der Waals surface area (Å²) in [6.45, 7) is 1.71. The molecule has 1 heterocycles. The summed E-state index contributed by atoms with van der Waals surface area (Å²) in [5, 5.41) is 8.41. The molecule has 0 bridgehead atoms. The lowest BCUT2D eigenvalue weighted by atomic mass is 10.2. The van der Waals surface area contributed by atoms with Crippen LogP contribution < -0.4 is 0 Å². The highest BCUT2D eigenvalue weighted by Crippen LogP contribution is 2.26. The lowest BCUT2D eigenvalue weighted by Gasteiger charge is -1.90. The van der Waals surface area contributed by atoms with Crippen LogP contribution in [0.4, 0.5) is 0 Å². The van der Waals surface area contributed by atoms with Crippen LogP contribution in [0.3, 0.4) is 0 Å². The van der Waals surface area contributed by atoms with Crippen LogP contribution in [0, 0.1) is 6.92 Å². The zero-order chi connectivity index (χ0) is 9.30. The molecular formula is C7H5BrO3S. The second kappa shape index (κ2) is 3.37. The van der Waals surface area contributed by atoms with Crippen molar-refractivity contribution < 1.29 is 14.7 Å². The highest BCUT2D eigenvalue weighted by Gasteiger charge is 2.18. The summed E-state index contributed by atoms with van der Waals surface area (Å²) in [5.74, 6) is -2.27. The monoisotopic (exact) mass is 248 g/mol. The number of rotatable bonds is 2. The zero-order valence-electron chi connectivity index (χ0n) is 6.13. The number of carboxylic acid groups (broad SMARTS) is 1. The van der Waals surface area contributed by atoms with Crippen molar-refractivity contribution in [2.45, 2.75) is 6.92 Å². The quantitative estimate of drug-likeness (QED) is 0.644. The van der Waals surface area contributed by atoms with Gasteiger partial charge in [0.15, 0.2) is 0 Å². The number of carbonyl (C=O) groups excluding carboxylic acids is 1. The number of carboxylic acids is 1. The maximum absolute atomic E-state index is 11.0. The molecule has 3 nitrogen and oxygen atoms in total. The van der Waals surface area contributed by atoms with Crippen LogP contribution in [0.1, 0.15) is 15.2 Å². The Bertz CT molecular complexity index is 342. The molecule has 1 N–H and O–H groups in total. The Morgan fingerprint density at radius 1 is 1.58 bits per heavy atom. The average molecular weight is 249 g/mol. The van der Waals surface area contributed by atoms with Gasteiger partial charge in [-0.2, -0.15) is 0 Å². The minimum atomic E-state index is -1.41. The Balaban J connectivity index is 3.11. The molecule has 12 heavy (non-hydrogen) atoms. The van der Waals surface area contributed by atoms with E-state index in [1.807, 2.05) is 0 Å². The molecule has 0 fully saturated rings. The van der Waals surface area contributed by atoms with Gasteiger partial charge in [-0.05, 0) is 28.9 Å². The van der Waals surface area contributed by atoms with Gasteiger partial charge < -0.3 is 5.11 Å². The summed E-state index contributed by atoms with van der Waals surface area (Å²) in [6.07, 6.45) is 0. The van der Waals surface area contributed by atoms with Gasteiger partial charge in [0.1, 0.15) is 0 Å². The van der Waals surface area contributed by atoms with Crippen molar-refractivity contribution in [2.24, 2.45) is 0 Å². The number of halogens is 1. The predicted molar refractivity (Wildman–Crippen MR) is 48.7 cm³/mol. The van der Waals surface area contributed by atoms with E-state index in [9.17, 15) is 9.59 Å². The minimum Gasteiger partial charge on any atom is -0.475 e. The van der Waals surface area contributed by atoms with Crippen LogP contribution in [0.5, 0.6) is 0 Å². The fourth-order valence-electron chi connectivity index (χ4n) is 0.786. The van der Waals surface area contributed by atoms with Gasteiger partial charge in [0.05, 0.1) is 3.79 Å². The van der Waals surface area contributed by atoms with Crippen molar-refractivity contribution in [1.29, 1.82) is 0 Å². The van der Waals surface area contributed by atoms with Gasteiger partial charge in [0.2, 0.25) is 0 Å². The lowest BCUT2D eigenvalue weighted by Crippen LogP contribution is -2.12. The summed E-state index contributed by atoms with van der Waals surface area (Å²) < 4.78 is 0.768. The second-order valence-electron chi connectivity index (χ2n) is 2.15. The summed E-state index contributed by atoms with van der Waals surface area (Å²) in [4.78, 5) is 22.0. The van der Waals surface area contributed by atoms with E-state index in [1.54, 1.807) is 6.92 Å². The number of Topliss-reactive ketones (excluding diaryl/α,β-unsaturated/α-hetero) is 1. The summed E-state index contributed by atoms with van der Waals surface area (Å²) in [7, 11) is 0. The molecule has 0 atom stereocenters. The van der Waals surface area contributed by atoms with E-state index in [-0.39, 0.29) is 5.56 Å². The number of carbonyl (C=O) groups is 2. The molecule has 0 aliphatic carbocycles. The first kappa shape index (κ1) is 9.41. The summed E-state index contributed by atoms with van der Waals surface area (Å²) >= 11 is 4.52. The SMILES string of the molecule is Cc1sc(Br)cc1C(=O)C(=O)O. The number of thiophene rings is 1. The topological polar surface area (TPSA) is 54.4 Å². The fourth-order valence-corrected chi connectivity index (χ4v) is 2.47. The maximum atomic E-state index is 11.0. The predicted octanol–water partition coefficient (Wildman–Crippen LogP) is 2.09. The molecule has 0 unspecified atom stereocenters. The molecule has 0 aromatic carbocycles. The van der Waals surface area contributed by atoms with Crippen molar-refractivity contribution in [2.75, 3.05) is 0 Å². The molecule has 0 aliphatic rings. The van der Waals surface area contributed by atoms with Gasteiger partial charge in [0, 0.05) is 10.4 Å². The van der Waals surface area contributed by atoms with Crippen LogP contribution >= 0.6 is 27.3 Å². The molecule has 1 aromatic rings. The van der Waals surface area contributed by atoms with Crippen molar-refractivity contribution >= 4 is 39.0 Å². The van der Waals surface area contributed by atoms with Crippen molar-refractivity contribution in [3.8, 4) is 0 Å². The first-order valence-corrected chi connectivity index (χ1v) is 4.67. The van der Waals surface area contributed by atoms with E-state index in [4.69, 9.17) is 5.11 Å². The van der Waals surface area contributed by atoms with E-state index in [0.29, 0.717) is 4.88 Å². The number of hydrogen-bond donors (Lipinski definition) is 1. The van der Waals surface area contributed by atoms with Gasteiger partial charge in [-0.3, -0.25) is 4.79 Å². The summed E-state index contributed by atoms with van der Waals surface area (Å²) in [5.41, 5.74) is 0.263. The van der Waals surface area contributed by atoms with Crippen LogP contribution in [0.15, 0.2) is 9.85 Å². The number of aryl methyl sites for hydroxylation is 1. The largest absolute Gasteiger partial charge is 0.475 e. The first-order chi connectivity index (χ1) is 5.52. The molecule has 0 spiro atoms. The zero-order valence-corrected chi connectivity index (χ0v) is 8.53. The highest BCUT2D eigenvalue weighted by atomic mass is 79.9. The number of aliphatic carboxylic acids is 1. The van der Waals surface area contributed by atoms with Crippen LogP contribution in [-0.4, -0.2) is 16.9 Å². The van der Waals surface area contributed by atoms with Gasteiger partial charge in [-0.1, -0.05) is 0 Å². The minimum absolute atomic E-state index is 0.263. The smallest absolute Gasteiger partial charge is 0.377 e. The number of hydrogen-bond acceptors (Lipinski definition) is 3. The van der Waals surface area contributed by atoms with Crippen molar-refractivity contribution in [1.82, 2.24) is 0 Å². The average Bonchev–Trinajstić information content (AvgIpc) is 2.28. The van der Waals surface area contributed by atoms with Gasteiger partial charge in [-0.15, -0.1) is 11.3 Å². The molecule has 5 heteroatoms. The molecule has 0 aliphatic heterocycles. The molecule has 64 valence electrons. The van der Waals surface area contributed by atoms with Crippen molar-refractivity contribution in [3.05, 3.63) is 20.3 Å². The number of ketones is 1. The Kier molecular flexibility index (Phi) is 2.64. The highest BCUT2D eigenvalue weighted by molar-refractivity contribution is 9.11. The van der Waals surface area contributed by atoms with E-state index in [0.717, 1.165) is 3.79 Å². The first-order valence-electron chi connectivity index (χ1n) is 3.06. The molecule has 1 rings (SSSR count). The molecule has 0 saturated heterocycles. The van der Waals surface area contributed by atoms with Crippen LogP contribution in [-0.2, 0) is 4.79 Å². The van der Waals surface area contributed by atoms with Gasteiger partial charge in [0.25, 0.3) is 5.78 Å². The second-order valence-corrected chi connectivity index (χ2v) is 4.79. The Morgan fingerprint density at radius 3 is 2.50 bits per heavy atom. The molecule has 0 amide bonds. The van der Waals surface area contributed by atoms with E-state index in [1.165, 1.54) is 17.4 Å². The normalized spacial score (nSPS) is 9.83. The van der Waals surface area contributed by atoms with E-state index in [2.05, 4.69) is 15.9 Å². The third-order valence-corrected chi connectivity index (χ3v) is 2.88. The van der Waals surface area contributed by atoms with Crippen LogP contribution in [0.25, 0.3) is 0 Å². The Labute approximate surface area is 81.2 Å². The Morgan fingerprint density at radius 2 is 2.17 bits per heavy atom. The lowest BCUT2D eigenvalue weighted by molar-refractivity contribution is -0.131. The summed E-state index contributed by atoms with van der Waals surface area (Å²) in [6, 6.07) is 1.52. The third kappa shape index (κ3) is 1.73. The molecule has 0 radical (unpaired) electrons. The van der Waals surface area contributed by atoms with Gasteiger partial charge >= 0.3 is 5.97 Å². The molecule has 1 aromatic heterocycles. The maximum Gasteiger partial charge on any atom is 0.377 e. The standard InChI is InChI=1S/C7H5BrO3S/c1-3-4(2-5(8)12-3)6(9)7(10)11/h2H,1H3,(H,10,11). The van der Waals surface area contributed by atoms with E-state index < -0.39 is 11.8 Å². The Hall–Kier alpha value is -0.680. The van der Waals surface area contributed by atoms with E-state index >= 15 is 0 Å². The third-order valence-electron chi connectivity index (χ3n) is 1.33. The molecule has 0 saturated carbocycles. The van der Waals surface area contributed by atoms with Crippen molar-refractivity contribution in [3.63, 3.8) is 0 Å². The van der Waals surface area contributed by atoms with Gasteiger partial charge in [-0.25, -0.2) is 4.79 Å².